The lowest BCUT2D eigenvalue weighted by Crippen LogP contribution is -2.42. The van der Waals surface area contributed by atoms with Crippen molar-refractivity contribution in [1.82, 2.24) is 10.9 Å². The summed E-state index contributed by atoms with van der Waals surface area (Å²) in [5.74, 6) is 0.0535. The van der Waals surface area contributed by atoms with Crippen molar-refractivity contribution in [2.45, 2.75) is 31.8 Å². The molecule has 0 fully saturated rings. The first-order valence-corrected chi connectivity index (χ1v) is 9.99. The van der Waals surface area contributed by atoms with E-state index in [1.807, 2.05) is 45.0 Å². The van der Waals surface area contributed by atoms with Gasteiger partial charge in [0.25, 0.3) is 5.91 Å². The number of halogens is 1. The predicted octanol–water partition coefficient (Wildman–Crippen LogP) is 4.00. The van der Waals surface area contributed by atoms with Crippen LogP contribution in [-0.2, 0) is 4.79 Å². The molecule has 0 unspecified atom stereocenters. The van der Waals surface area contributed by atoms with Crippen LogP contribution >= 0.6 is 23.4 Å². The van der Waals surface area contributed by atoms with Crippen LogP contribution in [0.4, 0.5) is 0 Å². The molecule has 28 heavy (non-hydrogen) atoms. The standard InChI is InChI=1S/C20H23ClN2O4S/c1-12(2)27-19-16(21)9-14(10-17(19)26-4)20(25)23-22-18(24)11-28-15-7-5-13(3)6-8-15/h5-10,12H,11H2,1-4H3,(H,22,24)(H,23,25). The third-order valence-electron chi connectivity index (χ3n) is 3.55. The van der Waals surface area contributed by atoms with Gasteiger partial charge in [0.05, 0.1) is 24.0 Å². The van der Waals surface area contributed by atoms with Crippen LogP contribution in [0.15, 0.2) is 41.3 Å². The summed E-state index contributed by atoms with van der Waals surface area (Å²) in [5.41, 5.74) is 6.16. The first-order valence-electron chi connectivity index (χ1n) is 8.63. The SMILES string of the molecule is COc1cc(C(=O)NNC(=O)CSc2ccc(C)cc2)cc(Cl)c1OC(C)C. The number of benzene rings is 2. The summed E-state index contributed by atoms with van der Waals surface area (Å²) in [6, 6.07) is 10.8. The van der Waals surface area contributed by atoms with E-state index in [-0.39, 0.29) is 28.4 Å². The van der Waals surface area contributed by atoms with E-state index in [1.54, 1.807) is 0 Å². The highest BCUT2D eigenvalue weighted by Crippen LogP contribution is 2.37. The predicted molar refractivity (Wildman–Crippen MR) is 111 cm³/mol. The van der Waals surface area contributed by atoms with Crippen LogP contribution in [0.2, 0.25) is 5.02 Å². The van der Waals surface area contributed by atoms with Crippen molar-refractivity contribution in [3.05, 3.63) is 52.5 Å². The topological polar surface area (TPSA) is 76.7 Å². The number of carbonyl (C=O) groups excluding carboxylic acids is 2. The summed E-state index contributed by atoms with van der Waals surface area (Å²) >= 11 is 7.60. The Hall–Kier alpha value is -2.38. The van der Waals surface area contributed by atoms with E-state index in [9.17, 15) is 9.59 Å². The molecule has 2 aromatic carbocycles. The van der Waals surface area contributed by atoms with Gasteiger partial charge in [-0.2, -0.15) is 0 Å². The number of hydrogen-bond donors (Lipinski definition) is 2. The summed E-state index contributed by atoms with van der Waals surface area (Å²) in [7, 11) is 1.46. The van der Waals surface area contributed by atoms with Gasteiger partial charge >= 0.3 is 0 Å². The largest absolute Gasteiger partial charge is 0.493 e. The number of thioether (sulfide) groups is 1. The Morgan fingerprint density at radius 3 is 2.43 bits per heavy atom. The molecule has 0 aliphatic heterocycles. The number of carbonyl (C=O) groups is 2. The molecule has 0 heterocycles. The molecular weight excluding hydrogens is 400 g/mol. The fourth-order valence-electron chi connectivity index (χ4n) is 2.22. The molecule has 150 valence electrons. The lowest BCUT2D eigenvalue weighted by molar-refractivity contribution is -0.119. The lowest BCUT2D eigenvalue weighted by atomic mass is 10.2. The maximum absolute atomic E-state index is 12.3. The minimum atomic E-state index is -0.509. The average Bonchev–Trinajstić information content (AvgIpc) is 2.66. The van der Waals surface area contributed by atoms with E-state index >= 15 is 0 Å². The van der Waals surface area contributed by atoms with Crippen molar-refractivity contribution in [3.63, 3.8) is 0 Å². The maximum Gasteiger partial charge on any atom is 0.269 e. The van der Waals surface area contributed by atoms with Gasteiger partial charge < -0.3 is 9.47 Å². The Balaban J connectivity index is 1.93. The van der Waals surface area contributed by atoms with E-state index in [1.165, 1.54) is 31.0 Å². The summed E-state index contributed by atoms with van der Waals surface area (Å²) in [5, 5.41) is 0.249. The van der Waals surface area contributed by atoms with Gasteiger partial charge in [0.2, 0.25) is 5.91 Å². The van der Waals surface area contributed by atoms with Crippen LogP contribution in [0.3, 0.4) is 0 Å². The van der Waals surface area contributed by atoms with Gasteiger partial charge in [-0.25, -0.2) is 0 Å². The number of amides is 2. The Morgan fingerprint density at radius 2 is 1.82 bits per heavy atom. The molecule has 6 nitrogen and oxygen atoms in total. The molecule has 0 aliphatic rings. The van der Waals surface area contributed by atoms with E-state index in [0.29, 0.717) is 11.5 Å². The quantitative estimate of drug-likeness (QED) is 0.521. The van der Waals surface area contributed by atoms with Gasteiger partial charge in [0.1, 0.15) is 0 Å². The minimum Gasteiger partial charge on any atom is -0.493 e. The van der Waals surface area contributed by atoms with Crippen molar-refractivity contribution < 1.29 is 19.1 Å². The second-order valence-corrected chi connectivity index (χ2v) is 7.72. The maximum atomic E-state index is 12.3. The van der Waals surface area contributed by atoms with Crippen molar-refractivity contribution in [1.29, 1.82) is 0 Å². The highest BCUT2D eigenvalue weighted by molar-refractivity contribution is 8.00. The summed E-state index contributed by atoms with van der Waals surface area (Å²) in [4.78, 5) is 25.3. The fraction of sp³-hybridized carbons (Fsp3) is 0.300. The van der Waals surface area contributed by atoms with Gasteiger partial charge in [-0.05, 0) is 45.0 Å². The molecule has 0 radical (unpaired) electrons. The monoisotopic (exact) mass is 422 g/mol. The first-order chi connectivity index (χ1) is 13.3. The number of ether oxygens (including phenoxy) is 2. The van der Waals surface area contributed by atoms with Gasteiger partial charge in [-0.1, -0.05) is 29.3 Å². The zero-order valence-electron chi connectivity index (χ0n) is 16.2. The molecule has 8 heteroatoms. The molecule has 0 bridgehead atoms. The Bertz CT molecular complexity index is 841. The van der Waals surface area contributed by atoms with Gasteiger partial charge in [-0.3, -0.25) is 20.4 Å². The third kappa shape index (κ3) is 6.35. The third-order valence-corrected chi connectivity index (χ3v) is 4.84. The highest BCUT2D eigenvalue weighted by atomic mass is 35.5. The smallest absolute Gasteiger partial charge is 0.269 e. The average molecular weight is 423 g/mol. The molecule has 0 spiro atoms. The lowest BCUT2D eigenvalue weighted by Gasteiger charge is -2.16. The number of hydrazine groups is 1. The molecule has 0 saturated carbocycles. The number of aryl methyl sites for hydroxylation is 1. The van der Waals surface area contributed by atoms with Crippen molar-refractivity contribution >= 4 is 35.2 Å². The van der Waals surface area contributed by atoms with E-state index in [0.717, 1.165) is 10.5 Å². The van der Waals surface area contributed by atoms with Crippen LogP contribution < -0.4 is 20.3 Å². The Kier molecular flexibility index (Phi) is 8.02. The molecular formula is C20H23ClN2O4S. The molecule has 0 saturated heterocycles. The van der Waals surface area contributed by atoms with E-state index in [4.69, 9.17) is 21.1 Å². The molecule has 0 atom stereocenters. The number of hydrogen-bond acceptors (Lipinski definition) is 5. The highest BCUT2D eigenvalue weighted by Gasteiger charge is 2.17. The summed E-state index contributed by atoms with van der Waals surface area (Å²) in [6.45, 7) is 5.72. The molecule has 2 N–H and O–H groups in total. The van der Waals surface area contributed by atoms with Crippen LogP contribution in [-0.4, -0.2) is 30.8 Å². The fourth-order valence-corrected chi connectivity index (χ4v) is 3.17. The Labute approximate surface area is 173 Å². The van der Waals surface area contributed by atoms with Crippen molar-refractivity contribution in [2.24, 2.45) is 0 Å². The second-order valence-electron chi connectivity index (χ2n) is 6.26. The summed E-state index contributed by atoms with van der Waals surface area (Å²) < 4.78 is 10.9. The normalized spacial score (nSPS) is 10.5. The summed E-state index contributed by atoms with van der Waals surface area (Å²) in [6.07, 6.45) is -0.101. The van der Waals surface area contributed by atoms with Gasteiger partial charge in [-0.15, -0.1) is 11.8 Å². The van der Waals surface area contributed by atoms with Gasteiger partial charge in [0, 0.05) is 10.5 Å². The van der Waals surface area contributed by atoms with Crippen LogP contribution in [0, 0.1) is 6.92 Å². The van der Waals surface area contributed by atoms with Crippen LogP contribution in [0.1, 0.15) is 29.8 Å². The number of nitrogens with one attached hydrogen (secondary N) is 2. The number of rotatable bonds is 7. The van der Waals surface area contributed by atoms with Crippen LogP contribution in [0.25, 0.3) is 0 Å². The van der Waals surface area contributed by atoms with E-state index in [2.05, 4.69) is 10.9 Å². The molecule has 0 aromatic heterocycles. The van der Waals surface area contributed by atoms with Crippen molar-refractivity contribution in [2.75, 3.05) is 12.9 Å². The first kappa shape index (κ1) is 21.9. The molecule has 2 rings (SSSR count). The molecule has 2 amide bonds. The van der Waals surface area contributed by atoms with Crippen LogP contribution in [0.5, 0.6) is 11.5 Å². The zero-order valence-corrected chi connectivity index (χ0v) is 17.7. The molecule has 2 aromatic rings. The Morgan fingerprint density at radius 1 is 1.14 bits per heavy atom. The molecule has 0 aliphatic carbocycles. The van der Waals surface area contributed by atoms with E-state index < -0.39 is 5.91 Å². The number of methoxy groups -OCH3 is 1. The zero-order chi connectivity index (χ0) is 20.7. The van der Waals surface area contributed by atoms with Gasteiger partial charge in [0.15, 0.2) is 11.5 Å². The second kappa shape index (κ2) is 10.2. The minimum absolute atomic E-state index is 0.101. The van der Waals surface area contributed by atoms with Crippen molar-refractivity contribution in [3.8, 4) is 11.5 Å².